The van der Waals surface area contributed by atoms with Crippen LogP contribution in [0.2, 0.25) is 0 Å². The minimum Gasteiger partial charge on any atom is -0.378 e. The fraction of sp³-hybridized carbons (Fsp3) is 0.857. The number of ether oxygens (including phenoxy) is 2. The van der Waals surface area contributed by atoms with Crippen molar-refractivity contribution in [2.75, 3.05) is 13.2 Å². The Morgan fingerprint density at radius 2 is 1.59 bits per heavy atom. The summed E-state index contributed by atoms with van der Waals surface area (Å²) in [6.45, 7) is 4.96. The Morgan fingerprint density at radius 1 is 1.06 bits per heavy atom. The van der Waals surface area contributed by atoms with E-state index in [2.05, 4.69) is 11.8 Å². The molecule has 0 spiro atoms. The van der Waals surface area contributed by atoms with Crippen LogP contribution < -0.4 is 0 Å². The zero-order chi connectivity index (χ0) is 12.6. The lowest BCUT2D eigenvalue weighted by atomic mass is 9.95. The summed E-state index contributed by atoms with van der Waals surface area (Å²) in [6.07, 6.45) is 5.54. The molecule has 3 heteroatoms. The molecule has 1 saturated carbocycles. The van der Waals surface area contributed by atoms with Crippen LogP contribution in [0.4, 0.5) is 0 Å². The van der Waals surface area contributed by atoms with Crippen molar-refractivity contribution in [3.8, 4) is 11.8 Å². The quantitative estimate of drug-likeness (QED) is 0.466. The van der Waals surface area contributed by atoms with E-state index in [4.69, 9.17) is 9.47 Å². The van der Waals surface area contributed by atoms with Crippen molar-refractivity contribution in [2.45, 2.75) is 64.3 Å². The lowest BCUT2D eigenvalue weighted by Gasteiger charge is -2.20. The minimum atomic E-state index is -0.830. The van der Waals surface area contributed by atoms with Gasteiger partial charge in [0.05, 0.1) is 0 Å². The maximum atomic E-state index is 10.4. The summed E-state index contributed by atoms with van der Waals surface area (Å²) < 4.78 is 10.7. The van der Waals surface area contributed by atoms with Crippen molar-refractivity contribution < 1.29 is 14.6 Å². The van der Waals surface area contributed by atoms with Crippen molar-refractivity contribution in [3.63, 3.8) is 0 Å². The molecule has 1 aliphatic rings. The second-order valence-corrected chi connectivity index (χ2v) is 4.46. The van der Waals surface area contributed by atoms with E-state index in [0.29, 0.717) is 13.2 Å². The van der Waals surface area contributed by atoms with Crippen LogP contribution in [-0.2, 0) is 9.47 Å². The van der Waals surface area contributed by atoms with Gasteiger partial charge in [-0.3, -0.25) is 0 Å². The van der Waals surface area contributed by atoms with Gasteiger partial charge in [-0.2, -0.15) is 0 Å². The molecule has 17 heavy (non-hydrogen) atoms. The van der Waals surface area contributed by atoms with Gasteiger partial charge in [0, 0.05) is 13.2 Å². The Labute approximate surface area is 104 Å². The van der Waals surface area contributed by atoms with Crippen molar-refractivity contribution in [1.82, 2.24) is 0 Å². The monoisotopic (exact) mass is 240 g/mol. The van der Waals surface area contributed by atoms with Gasteiger partial charge in [-0.1, -0.05) is 18.8 Å². The van der Waals surface area contributed by atoms with Crippen molar-refractivity contribution in [3.05, 3.63) is 0 Å². The molecular formula is C14H24O3. The third-order valence-electron chi connectivity index (χ3n) is 2.99. The SMILES string of the molecule is CCOC(C#CC1(O)CCCCCC1)OCC. The van der Waals surface area contributed by atoms with E-state index >= 15 is 0 Å². The van der Waals surface area contributed by atoms with E-state index in [0.717, 1.165) is 25.7 Å². The Kier molecular flexibility index (Phi) is 6.57. The Balaban J connectivity index is 2.58. The van der Waals surface area contributed by atoms with Crippen LogP contribution in [0.5, 0.6) is 0 Å². The van der Waals surface area contributed by atoms with Crippen LogP contribution in [0.25, 0.3) is 0 Å². The third kappa shape index (κ3) is 5.54. The van der Waals surface area contributed by atoms with Crippen LogP contribution in [-0.4, -0.2) is 30.2 Å². The number of hydrogen-bond donors (Lipinski definition) is 1. The smallest absolute Gasteiger partial charge is 0.222 e. The number of rotatable bonds is 4. The summed E-state index contributed by atoms with van der Waals surface area (Å²) in [6, 6.07) is 0. The van der Waals surface area contributed by atoms with E-state index in [1.165, 1.54) is 12.8 Å². The van der Waals surface area contributed by atoms with Gasteiger partial charge in [0.15, 0.2) is 0 Å². The molecule has 3 nitrogen and oxygen atoms in total. The molecule has 1 aliphatic carbocycles. The predicted molar refractivity (Wildman–Crippen MR) is 67.5 cm³/mol. The largest absolute Gasteiger partial charge is 0.378 e. The second-order valence-electron chi connectivity index (χ2n) is 4.46. The molecule has 0 bridgehead atoms. The zero-order valence-corrected chi connectivity index (χ0v) is 11.0. The summed E-state index contributed by atoms with van der Waals surface area (Å²) in [5, 5.41) is 10.4. The first kappa shape index (κ1) is 14.5. The molecule has 98 valence electrons. The van der Waals surface area contributed by atoms with E-state index in [1.807, 2.05) is 13.8 Å². The molecule has 0 atom stereocenters. The van der Waals surface area contributed by atoms with Gasteiger partial charge in [-0.15, -0.1) is 0 Å². The first-order valence-electron chi connectivity index (χ1n) is 6.68. The summed E-state index contributed by atoms with van der Waals surface area (Å²) in [7, 11) is 0. The molecule has 0 unspecified atom stereocenters. The first-order valence-corrected chi connectivity index (χ1v) is 6.68. The average molecular weight is 240 g/mol. The van der Waals surface area contributed by atoms with Crippen LogP contribution >= 0.6 is 0 Å². The van der Waals surface area contributed by atoms with Gasteiger partial charge in [0.25, 0.3) is 0 Å². The molecule has 1 rings (SSSR count). The molecule has 0 radical (unpaired) electrons. The van der Waals surface area contributed by atoms with E-state index in [1.54, 1.807) is 0 Å². The molecule has 0 heterocycles. The van der Waals surface area contributed by atoms with Crippen molar-refractivity contribution in [2.24, 2.45) is 0 Å². The maximum absolute atomic E-state index is 10.4. The first-order chi connectivity index (χ1) is 8.20. The molecule has 1 N–H and O–H groups in total. The molecule has 1 fully saturated rings. The topological polar surface area (TPSA) is 38.7 Å². The Hall–Kier alpha value is -0.560. The van der Waals surface area contributed by atoms with Gasteiger partial charge in [0.2, 0.25) is 6.29 Å². The second kappa shape index (κ2) is 7.71. The zero-order valence-electron chi connectivity index (χ0n) is 11.0. The number of aliphatic hydroxyl groups is 1. The molecule has 0 aromatic rings. The average Bonchev–Trinajstić information content (AvgIpc) is 2.52. The highest BCUT2D eigenvalue weighted by atomic mass is 16.7. The van der Waals surface area contributed by atoms with Crippen LogP contribution in [0.15, 0.2) is 0 Å². The Bertz CT molecular complexity index is 250. The Morgan fingerprint density at radius 3 is 2.06 bits per heavy atom. The highest BCUT2D eigenvalue weighted by Crippen LogP contribution is 2.26. The van der Waals surface area contributed by atoms with Gasteiger partial charge in [0.1, 0.15) is 5.60 Å². The van der Waals surface area contributed by atoms with Crippen molar-refractivity contribution >= 4 is 0 Å². The summed E-state index contributed by atoms with van der Waals surface area (Å²) >= 11 is 0. The third-order valence-corrected chi connectivity index (χ3v) is 2.99. The van der Waals surface area contributed by atoms with E-state index in [9.17, 15) is 5.11 Å². The fourth-order valence-electron chi connectivity index (χ4n) is 2.07. The number of hydrogen-bond acceptors (Lipinski definition) is 3. The molecular weight excluding hydrogens is 216 g/mol. The van der Waals surface area contributed by atoms with Gasteiger partial charge >= 0.3 is 0 Å². The normalized spacial score (nSPS) is 19.5. The van der Waals surface area contributed by atoms with Crippen LogP contribution in [0.3, 0.4) is 0 Å². The lowest BCUT2D eigenvalue weighted by Crippen LogP contribution is -2.26. The maximum Gasteiger partial charge on any atom is 0.222 e. The van der Waals surface area contributed by atoms with Gasteiger partial charge in [-0.05, 0) is 45.5 Å². The highest BCUT2D eigenvalue weighted by Gasteiger charge is 2.25. The molecule has 0 aromatic carbocycles. The molecule has 0 saturated heterocycles. The molecule has 0 aliphatic heterocycles. The predicted octanol–water partition coefficient (Wildman–Crippen LogP) is 2.47. The summed E-state index contributed by atoms with van der Waals surface area (Å²) in [5.41, 5.74) is -0.830. The molecule has 0 aromatic heterocycles. The molecule has 0 amide bonds. The van der Waals surface area contributed by atoms with Crippen molar-refractivity contribution in [1.29, 1.82) is 0 Å². The van der Waals surface area contributed by atoms with Gasteiger partial charge in [-0.25, -0.2) is 0 Å². The van der Waals surface area contributed by atoms with E-state index < -0.39 is 11.9 Å². The summed E-state index contributed by atoms with van der Waals surface area (Å²) in [4.78, 5) is 0. The minimum absolute atomic E-state index is 0.503. The summed E-state index contributed by atoms with van der Waals surface area (Å²) in [5.74, 6) is 5.88. The van der Waals surface area contributed by atoms with Crippen LogP contribution in [0.1, 0.15) is 52.4 Å². The lowest BCUT2D eigenvalue weighted by molar-refractivity contribution is -0.0974. The van der Waals surface area contributed by atoms with Gasteiger partial charge < -0.3 is 14.6 Å². The standard InChI is InChI=1S/C14H24O3/c1-3-16-13(17-4-2)9-12-14(15)10-7-5-6-8-11-14/h13,15H,3-8,10-11H2,1-2H3. The van der Waals surface area contributed by atoms with Crippen LogP contribution in [0, 0.1) is 11.8 Å². The van der Waals surface area contributed by atoms with E-state index in [-0.39, 0.29) is 0 Å². The fourth-order valence-corrected chi connectivity index (χ4v) is 2.07. The highest BCUT2D eigenvalue weighted by molar-refractivity contribution is 5.15.